The molecule has 0 aromatic heterocycles. The molecule has 1 aliphatic heterocycles. The van der Waals surface area contributed by atoms with Gasteiger partial charge in [-0.2, -0.15) is 0 Å². The third kappa shape index (κ3) is 7.61. The quantitative estimate of drug-likeness (QED) is 0.593. The van der Waals surface area contributed by atoms with Gasteiger partial charge in [0.2, 0.25) is 5.91 Å². The van der Waals surface area contributed by atoms with Crippen molar-refractivity contribution in [3.05, 3.63) is 59.7 Å². The number of piperazine rings is 1. The lowest BCUT2D eigenvalue weighted by molar-refractivity contribution is -0.126. The van der Waals surface area contributed by atoms with Gasteiger partial charge in [-0.15, -0.1) is 0 Å². The number of likely N-dealkylation sites (N-methyl/N-ethyl adjacent to an activating group) is 1. The van der Waals surface area contributed by atoms with Crippen LogP contribution in [-0.4, -0.2) is 74.3 Å². The molecule has 2 aromatic carbocycles. The molecule has 3 rings (SSSR count). The van der Waals surface area contributed by atoms with Crippen LogP contribution in [0.5, 0.6) is 11.5 Å². The summed E-state index contributed by atoms with van der Waals surface area (Å²) in [7, 11) is 3.63. The Morgan fingerprint density at radius 1 is 0.879 bits per heavy atom. The summed E-state index contributed by atoms with van der Waals surface area (Å²) in [4.78, 5) is 40.8. The maximum Gasteiger partial charge on any atom is 0.253 e. The van der Waals surface area contributed by atoms with Gasteiger partial charge in [-0.3, -0.25) is 14.4 Å². The molecule has 0 atom stereocenters. The van der Waals surface area contributed by atoms with Gasteiger partial charge in [0.15, 0.2) is 5.78 Å². The first-order valence-electron chi connectivity index (χ1n) is 11.1. The average molecular weight is 454 g/mol. The van der Waals surface area contributed by atoms with E-state index < -0.39 is 0 Å². The second-order valence-electron chi connectivity index (χ2n) is 8.07. The highest BCUT2D eigenvalue weighted by atomic mass is 16.5. The van der Waals surface area contributed by atoms with E-state index in [1.54, 1.807) is 43.5 Å². The number of rotatable bonds is 10. The van der Waals surface area contributed by atoms with Crippen LogP contribution in [0.15, 0.2) is 48.5 Å². The molecule has 0 radical (unpaired) electrons. The van der Waals surface area contributed by atoms with Crippen molar-refractivity contribution < 1.29 is 23.9 Å². The van der Waals surface area contributed by atoms with Crippen LogP contribution in [0.3, 0.4) is 0 Å². The van der Waals surface area contributed by atoms with Crippen molar-refractivity contribution >= 4 is 17.6 Å². The molecule has 0 unspecified atom stereocenters. The van der Waals surface area contributed by atoms with Crippen molar-refractivity contribution in [2.75, 3.05) is 46.9 Å². The summed E-state index contributed by atoms with van der Waals surface area (Å²) in [5.41, 5.74) is 1.55. The maximum atomic E-state index is 12.6. The van der Waals surface area contributed by atoms with Gasteiger partial charge in [-0.25, -0.2) is 0 Å². The lowest BCUT2D eigenvalue weighted by atomic mass is 10.1. The van der Waals surface area contributed by atoms with E-state index in [0.29, 0.717) is 23.6 Å². The van der Waals surface area contributed by atoms with E-state index in [4.69, 9.17) is 9.47 Å². The molecule has 1 fully saturated rings. The second kappa shape index (κ2) is 12.0. The molecule has 1 heterocycles. The highest BCUT2D eigenvalue weighted by Gasteiger charge is 2.20. The zero-order valence-corrected chi connectivity index (χ0v) is 19.2. The maximum absolute atomic E-state index is 12.6. The lowest BCUT2D eigenvalue weighted by Crippen LogP contribution is -2.47. The van der Waals surface area contributed by atoms with Crippen molar-refractivity contribution in [2.24, 2.45) is 0 Å². The Morgan fingerprint density at radius 2 is 1.52 bits per heavy atom. The van der Waals surface area contributed by atoms with Crippen LogP contribution < -0.4 is 14.8 Å². The molecular formula is C25H31N3O5. The third-order valence-electron chi connectivity index (χ3n) is 5.57. The van der Waals surface area contributed by atoms with Gasteiger partial charge < -0.3 is 24.6 Å². The molecule has 2 amide bonds. The number of hydrogen-bond acceptors (Lipinski definition) is 6. The van der Waals surface area contributed by atoms with Crippen LogP contribution in [0, 0.1) is 0 Å². The Balaban J connectivity index is 1.35. The van der Waals surface area contributed by atoms with Gasteiger partial charge in [-0.05, 0) is 49.0 Å². The highest BCUT2D eigenvalue weighted by molar-refractivity contribution is 5.94. The zero-order chi connectivity index (χ0) is 23.6. The van der Waals surface area contributed by atoms with Crippen molar-refractivity contribution in [3.63, 3.8) is 0 Å². The SMILES string of the molecule is COc1ccc(OCC(=O)CCC(=O)NCc2ccc(C(=O)N3CCN(C)CC3)cc2)cc1. The fourth-order valence-electron chi connectivity index (χ4n) is 3.41. The van der Waals surface area contributed by atoms with Gasteiger partial charge in [0.05, 0.1) is 7.11 Å². The highest BCUT2D eigenvalue weighted by Crippen LogP contribution is 2.17. The lowest BCUT2D eigenvalue weighted by Gasteiger charge is -2.32. The van der Waals surface area contributed by atoms with Crippen molar-refractivity contribution in [2.45, 2.75) is 19.4 Å². The molecular weight excluding hydrogens is 422 g/mol. The Hall–Kier alpha value is -3.39. The first kappa shape index (κ1) is 24.3. The molecule has 33 heavy (non-hydrogen) atoms. The van der Waals surface area contributed by atoms with E-state index in [0.717, 1.165) is 31.7 Å². The van der Waals surface area contributed by atoms with Gasteiger partial charge in [0, 0.05) is 51.1 Å². The average Bonchev–Trinajstić information content (AvgIpc) is 2.85. The van der Waals surface area contributed by atoms with E-state index in [1.165, 1.54) is 0 Å². The number of nitrogens with one attached hydrogen (secondary N) is 1. The van der Waals surface area contributed by atoms with E-state index in [-0.39, 0.29) is 37.0 Å². The number of hydrogen-bond donors (Lipinski definition) is 1. The summed E-state index contributed by atoms with van der Waals surface area (Å²) in [6, 6.07) is 14.2. The van der Waals surface area contributed by atoms with Crippen molar-refractivity contribution in [1.29, 1.82) is 0 Å². The summed E-state index contributed by atoms with van der Waals surface area (Å²) < 4.78 is 10.5. The summed E-state index contributed by atoms with van der Waals surface area (Å²) in [6.07, 6.45) is 0.214. The molecule has 0 saturated carbocycles. The molecule has 8 heteroatoms. The number of amides is 2. The van der Waals surface area contributed by atoms with E-state index >= 15 is 0 Å². The number of nitrogens with zero attached hydrogens (tertiary/aromatic N) is 2. The topological polar surface area (TPSA) is 88.2 Å². The molecule has 2 aromatic rings. The fourth-order valence-corrected chi connectivity index (χ4v) is 3.41. The molecule has 1 N–H and O–H groups in total. The third-order valence-corrected chi connectivity index (χ3v) is 5.57. The van der Waals surface area contributed by atoms with Gasteiger partial charge in [0.25, 0.3) is 5.91 Å². The summed E-state index contributed by atoms with van der Waals surface area (Å²) in [6.45, 7) is 3.49. The largest absolute Gasteiger partial charge is 0.497 e. The molecule has 8 nitrogen and oxygen atoms in total. The van der Waals surface area contributed by atoms with Gasteiger partial charge in [-0.1, -0.05) is 12.1 Å². The van der Waals surface area contributed by atoms with Crippen LogP contribution in [0.25, 0.3) is 0 Å². The van der Waals surface area contributed by atoms with E-state index in [2.05, 4.69) is 17.3 Å². The Bertz CT molecular complexity index is 936. The molecule has 0 spiro atoms. The van der Waals surface area contributed by atoms with Crippen molar-refractivity contribution in [1.82, 2.24) is 15.1 Å². The molecule has 1 aliphatic rings. The summed E-state index contributed by atoms with van der Waals surface area (Å²) in [5.74, 6) is 0.969. The number of ketones is 1. The van der Waals surface area contributed by atoms with Crippen LogP contribution in [-0.2, 0) is 16.1 Å². The normalized spacial score (nSPS) is 13.9. The van der Waals surface area contributed by atoms with Gasteiger partial charge in [0.1, 0.15) is 18.1 Å². The van der Waals surface area contributed by atoms with Crippen LogP contribution in [0.4, 0.5) is 0 Å². The predicted octanol–water partition coefficient (Wildman–Crippen LogP) is 2.13. The minimum Gasteiger partial charge on any atom is -0.497 e. The number of ether oxygens (including phenoxy) is 2. The minimum atomic E-state index is -0.203. The van der Waals surface area contributed by atoms with Crippen molar-refractivity contribution in [3.8, 4) is 11.5 Å². The van der Waals surface area contributed by atoms with Crippen LogP contribution in [0.2, 0.25) is 0 Å². The first-order valence-corrected chi connectivity index (χ1v) is 11.1. The molecule has 0 aliphatic carbocycles. The molecule has 0 bridgehead atoms. The van der Waals surface area contributed by atoms with Crippen LogP contribution >= 0.6 is 0 Å². The fraction of sp³-hybridized carbons (Fsp3) is 0.400. The summed E-state index contributed by atoms with van der Waals surface area (Å²) in [5, 5.41) is 2.81. The Kier molecular flexibility index (Phi) is 8.83. The van der Waals surface area contributed by atoms with E-state index in [1.807, 2.05) is 17.0 Å². The number of methoxy groups -OCH3 is 1. The predicted molar refractivity (Wildman–Crippen MR) is 124 cm³/mol. The zero-order valence-electron chi connectivity index (χ0n) is 19.2. The Labute approximate surface area is 194 Å². The standard InChI is InChI=1S/C25H31N3O5/c1-27-13-15-28(16-14-27)25(31)20-5-3-19(4-6-20)17-26-24(30)12-7-21(29)18-33-23-10-8-22(32-2)9-11-23/h3-6,8-11H,7,12-18H2,1-2H3,(H,26,30). The summed E-state index contributed by atoms with van der Waals surface area (Å²) >= 11 is 0. The monoisotopic (exact) mass is 453 g/mol. The number of carbonyl (C=O) groups is 3. The van der Waals surface area contributed by atoms with Gasteiger partial charge >= 0.3 is 0 Å². The smallest absolute Gasteiger partial charge is 0.253 e. The molecule has 176 valence electrons. The van der Waals surface area contributed by atoms with Crippen LogP contribution in [0.1, 0.15) is 28.8 Å². The number of benzene rings is 2. The number of carbonyl (C=O) groups excluding carboxylic acids is 3. The molecule has 1 saturated heterocycles. The Morgan fingerprint density at radius 3 is 2.15 bits per heavy atom. The minimum absolute atomic E-state index is 0.0362. The first-order chi connectivity index (χ1) is 15.9. The number of Topliss-reactive ketones (excluding diaryl/α,β-unsaturated/α-hetero) is 1. The van der Waals surface area contributed by atoms with E-state index in [9.17, 15) is 14.4 Å². The second-order valence-corrected chi connectivity index (χ2v) is 8.07.